The first kappa shape index (κ1) is 17.3. The van der Waals surface area contributed by atoms with Gasteiger partial charge in [0.25, 0.3) is 0 Å². The van der Waals surface area contributed by atoms with Crippen LogP contribution in [0.25, 0.3) is 0 Å². The van der Waals surface area contributed by atoms with Crippen molar-refractivity contribution in [1.82, 2.24) is 10.2 Å². The van der Waals surface area contributed by atoms with Gasteiger partial charge in [0, 0.05) is 6.54 Å². The van der Waals surface area contributed by atoms with E-state index in [0.717, 1.165) is 18.6 Å². The van der Waals surface area contributed by atoms with Gasteiger partial charge in [-0.3, -0.25) is 9.59 Å². The monoisotopic (exact) mass is 300 g/mol. The number of carbonyl (C=O) groups is 2. The molecule has 1 fully saturated rings. The van der Waals surface area contributed by atoms with E-state index in [9.17, 15) is 9.59 Å². The molecule has 0 spiro atoms. The van der Waals surface area contributed by atoms with Gasteiger partial charge in [-0.2, -0.15) is 11.8 Å². The summed E-state index contributed by atoms with van der Waals surface area (Å²) in [6, 6.07) is -0.302. The number of piperazine rings is 1. The Labute approximate surface area is 127 Å². The van der Waals surface area contributed by atoms with Crippen LogP contribution in [0.3, 0.4) is 0 Å². The fourth-order valence-electron chi connectivity index (χ4n) is 2.57. The zero-order chi connectivity index (χ0) is 15.3. The maximum Gasteiger partial charge on any atom is 0.248 e. The van der Waals surface area contributed by atoms with Gasteiger partial charge in [-0.25, -0.2) is 0 Å². The fourth-order valence-corrected chi connectivity index (χ4v) is 2.98. The molecule has 1 rings (SSSR count). The minimum atomic E-state index is -0.732. The Morgan fingerprint density at radius 3 is 2.55 bits per heavy atom. The molecule has 0 aliphatic carbocycles. The first-order chi connectivity index (χ1) is 9.35. The Morgan fingerprint density at radius 2 is 2.05 bits per heavy atom. The highest BCUT2D eigenvalue weighted by molar-refractivity contribution is 7.98. The Hall–Kier alpha value is -0.710. The number of rotatable bonds is 7. The third-order valence-corrected chi connectivity index (χ3v) is 4.66. The van der Waals surface area contributed by atoms with Gasteiger partial charge in [-0.05, 0) is 44.1 Å². The number of hydrogen-bond donors (Lipinski definition) is 1. The van der Waals surface area contributed by atoms with Crippen LogP contribution in [0.5, 0.6) is 0 Å². The largest absolute Gasteiger partial charge is 0.340 e. The molecule has 0 aromatic rings. The summed E-state index contributed by atoms with van der Waals surface area (Å²) in [7, 11) is 0. The van der Waals surface area contributed by atoms with Crippen molar-refractivity contribution >= 4 is 23.6 Å². The van der Waals surface area contributed by atoms with Crippen LogP contribution >= 0.6 is 11.8 Å². The Balaban J connectivity index is 2.91. The van der Waals surface area contributed by atoms with Gasteiger partial charge in [-0.1, -0.05) is 20.8 Å². The second-order valence-corrected chi connectivity index (χ2v) is 7.15. The van der Waals surface area contributed by atoms with Crippen LogP contribution in [0.1, 0.15) is 47.0 Å². The van der Waals surface area contributed by atoms with E-state index in [-0.39, 0.29) is 17.9 Å². The van der Waals surface area contributed by atoms with Gasteiger partial charge in [0.15, 0.2) is 0 Å². The van der Waals surface area contributed by atoms with E-state index >= 15 is 0 Å². The van der Waals surface area contributed by atoms with Crippen LogP contribution in [-0.2, 0) is 9.59 Å². The van der Waals surface area contributed by atoms with Crippen molar-refractivity contribution in [3.63, 3.8) is 0 Å². The Morgan fingerprint density at radius 1 is 1.40 bits per heavy atom. The van der Waals surface area contributed by atoms with Crippen LogP contribution in [-0.4, -0.2) is 46.8 Å². The van der Waals surface area contributed by atoms with Crippen LogP contribution in [0.15, 0.2) is 0 Å². The Kier molecular flexibility index (Phi) is 6.37. The summed E-state index contributed by atoms with van der Waals surface area (Å²) in [5.74, 6) is 1.49. The van der Waals surface area contributed by atoms with Gasteiger partial charge in [0.2, 0.25) is 11.8 Å². The molecule has 2 unspecified atom stereocenters. The van der Waals surface area contributed by atoms with E-state index in [2.05, 4.69) is 25.4 Å². The van der Waals surface area contributed by atoms with Crippen molar-refractivity contribution < 1.29 is 9.59 Å². The summed E-state index contributed by atoms with van der Waals surface area (Å²) >= 11 is 1.77. The molecule has 1 aliphatic rings. The molecule has 4 nitrogen and oxygen atoms in total. The topological polar surface area (TPSA) is 49.4 Å². The van der Waals surface area contributed by atoms with Gasteiger partial charge >= 0.3 is 0 Å². The molecule has 0 aromatic carbocycles. The van der Waals surface area contributed by atoms with Crippen molar-refractivity contribution in [1.29, 1.82) is 0 Å². The lowest BCUT2D eigenvalue weighted by molar-refractivity contribution is -0.155. The first-order valence-corrected chi connectivity index (χ1v) is 8.87. The molecule has 1 aliphatic heterocycles. The molecule has 0 aromatic heterocycles. The predicted octanol–water partition coefficient (Wildman–Crippen LogP) is 2.28. The maximum atomic E-state index is 12.7. The van der Waals surface area contributed by atoms with Crippen molar-refractivity contribution in [3.8, 4) is 0 Å². The smallest absolute Gasteiger partial charge is 0.248 e. The van der Waals surface area contributed by atoms with Gasteiger partial charge < -0.3 is 10.2 Å². The fraction of sp³-hybridized carbons (Fsp3) is 0.867. The van der Waals surface area contributed by atoms with Crippen LogP contribution < -0.4 is 5.32 Å². The van der Waals surface area contributed by atoms with Gasteiger partial charge in [0.05, 0.1) is 0 Å². The van der Waals surface area contributed by atoms with E-state index in [1.807, 2.05) is 18.7 Å². The summed E-state index contributed by atoms with van der Waals surface area (Å²) in [6.07, 6.45) is 4.36. The number of amides is 2. The molecule has 1 heterocycles. The average molecular weight is 300 g/mol. The molecule has 0 bridgehead atoms. The number of carbonyl (C=O) groups excluding carboxylic acids is 2. The second kappa shape index (κ2) is 7.34. The standard InChI is InChI=1S/C15H28N2O2S/c1-6-15(4)14(19)17(8-7-9-20-5)12(10-11(2)3)13(18)16-15/h11-12H,6-10H2,1-5H3,(H,16,18). The normalized spacial score (nSPS) is 27.1. The number of nitrogens with zero attached hydrogens (tertiary/aromatic N) is 1. The molecule has 20 heavy (non-hydrogen) atoms. The van der Waals surface area contributed by atoms with Gasteiger partial charge in [0.1, 0.15) is 11.6 Å². The maximum absolute atomic E-state index is 12.7. The highest BCUT2D eigenvalue weighted by atomic mass is 32.2. The molecular formula is C15H28N2O2S. The highest BCUT2D eigenvalue weighted by Crippen LogP contribution is 2.25. The molecule has 0 radical (unpaired) electrons. The van der Waals surface area contributed by atoms with E-state index in [4.69, 9.17) is 0 Å². The molecule has 116 valence electrons. The summed E-state index contributed by atoms with van der Waals surface area (Å²) in [6.45, 7) is 8.64. The lowest BCUT2D eigenvalue weighted by Gasteiger charge is -2.44. The number of thioether (sulfide) groups is 1. The molecule has 1 N–H and O–H groups in total. The predicted molar refractivity (Wildman–Crippen MR) is 84.8 cm³/mol. The van der Waals surface area contributed by atoms with E-state index < -0.39 is 5.54 Å². The van der Waals surface area contributed by atoms with Crippen molar-refractivity contribution in [2.45, 2.75) is 58.5 Å². The van der Waals surface area contributed by atoms with Crippen molar-refractivity contribution in [2.75, 3.05) is 18.6 Å². The van der Waals surface area contributed by atoms with Crippen LogP contribution in [0.4, 0.5) is 0 Å². The summed E-state index contributed by atoms with van der Waals surface area (Å²) in [4.78, 5) is 26.9. The third kappa shape index (κ3) is 3.90. The van der Waals surface area contributed by atoms with Crippen molar-refractivity contribution in [3.05, 3.63) is 0 Å². The third-order valence-electron chi connectivity index (χ3n) is 3.96. The molecule has 2 amide bonds. The first-order valence-electron chi connectivity index (χ1n) is 7.47. The van der Waals surface area contributed by atoms with Crippen LogP contribution in [0.2, 0.25) is 0 Å². The SMILES string of the molecule is CCC1(C)NC(=O)C(CC(C)C)N(CCCSC)C1=O. The minimum absolute atomic E-state index is 0.00630. The summed E-state index contributed by atoms with van der Waals surface area (Å²) < 4.78 is 0. The van der Waals surface area contributed by atoms with Gasteiger partial charge in [-0.15, -0.1) is 0 Å². The van der Waals surface area contributed by atoms with Crippen molar-refractivity contribution in [2.24, 2.45) is 5.92 Å². The second-order valence-electron chi connectivity index (χ2n) is 6.17. The van der Waals surface area contributed by atoms with E-state index in [1.165, 1.54) is 0 Å². The average Bonchev–Trinajstić information content (AvgIpc) is 2.39. The highest BCUT2D eigenvalue weighted by Gasteiger charge is 2.46. The quantitative estimate of drug-likeness (QED) is 0.734. The molecule has 5 heteroatoms. The van der Waals surface area contributed by atoms with E-state index in [0.29, 0.717) is 18.9 Å². The minimum Gasteiger partial charge on any atom is -0.340 e. The Bertz CT molecular complexity index is 360. The molecule has 2 atom stereocenters. The zero-order valence-electron chi connectivity index (χ0n) is 13.4. The molecule has 1 saturated heterocycles. The van der Waals surface area contributed by atoms with E-state index in [1.54, 1.807) is 11.8 Å². The number of hydrogen-bond acceptors (Lipinski definition) is 3. The lowest BCUT2D eigenvalue weighted by atomic mass is 9.89. The zero-order valence-corrected chi connectivity index (χ0v) is 14.2. The number of nitrogens with one attached hydrogen (secondary N) is 1. The lowest BCUT2D eigenvalue weighted by Crippen LogP contribution is -2.69. The molecular weight excluding hydrogens is 272 g/mol. The van der Waals surface area contributed by atoms with Crippen LogP contribution in [0, 0.1) is 5.92 Å². The summed E-state index contributed by atoms with van der Waals surface area (Å²) in [5, 5.41) is 2.93. The summed E-state index contributed by atoms with van der Waals surface area (Å²) in [5.41, 5.74) is -0.732. The molecule has 0 saturated carbocycles.